The smallest absolute Gasteiger partial charge is 0.124 e. The Bertz CT molecular complexity index is 3550. The number of fused-ring (bicyclic) bond motifs is 10. The fourth-order valence-electron chi connectivity index (χ4n) is 9.03. The Balaban J connectivity index is 1.10. The van der Waals surface area contributed by atoms with E-state index in [1.807, 2.05) is 0 Å². The fraction of sp³-hybridized carbons (Fsp3) is 0. The highest BCUT2D eigenvalue weighted by Crippen LogP contribution is 2.44. The van der Waals surface area contributed by atoms with Crippen LogP contribution in [0.25, 0.3) is 91.7 Å². The second-order valence-electron chi connectivity index (χ2n) is 15.2. The summed E-state index contributed by atoms with van der Waals surface area (Å²) in [5.41, 5.74) is 11.3. The maximum atomic E-state index is 5.09. The zero-order valence-corrected chi connectivity index (χ0v) is 32.8. The molecule has 10 aromatic carbocycles. The minimum absolute atomic E-state index is 1.03. The number of rotatable bonds is 6. The Hall–Kier alpha value is -7.53. The minimum Gasteiger partial charge on any atom is -0.310 e. The van der Waals surface area contributed by atoms with Crippen molar-refractivity contribution in [3.8, 4) is 27.4 Å². The van der Waals surface area contributed by atoms with Gasteiger partial charge >= 0.3 is 0 Å². The summed E-state index contributed by atoms with van der Waals surface area (Å²) in [6.45, 7) is 0. The molecule has 0 spiro atoms. The van der Waals surface area contributed by atoms with Gasteiger partial charge in [-0.2, -0.15) is 0 Å². The van der Waals surface area contributed by atoms with Gasteiger partial charge in [0, 0.05) is 44.5 Å². The Labute approximate surface area is 345 Å². The minimum atomic E-state index is 1.03. The van der Waals surface area contributed by atoms with Crippen molar-refractivity contribution in [2.24, 2.45) is 0 Å². The number of nitrogens with zero attached hydrogens (tertiary/aromatic N) is 3. The van der Waals surface area contributed by atoms with Crippen LogP contribution in [-0.4, -0.2) is 9.55 Å². The summed E-state index contributed by atoms with van der Waals surface area (Å²) in [4.78, 5) is 7.51. The molecule has 0 aliphatic carbocycles. The van der Waals surface area contributed by atoms with Crippen LogP contribution in [-0.2, 0) is 0 Å². The first kappa shape index (κ1) is 33.6. The van der Waals surface area contributed by atoms with Gasteiger partial charge in [-0.1, -0.05) is 152 Å². The van der Waals surface area contributed by atoms with Crippen LogP contribution in [0.5, 0.6) is 0 Å². The first-order chi connectivity index (χ1) is 29.2. The summed E-state index contributed by atoms with van der Waals surface area (Å²) in [5, 5.41) is 10.9. The van der Waals surface area contributed by atoms with Crippen molar-refractivity contribution in [3.05, 3.63) is 212 Å². The number of thiazole rings is 1. The van der Waals surface area contributed by atoms with E-state index in [2.05, 4.69) is 222 Å². The largest absolute Gasteiger partial charge is 0.310 e. The van der Waals surface area contributed by atoms with Crippen molar-refractivity contribution < 1.29 is 0 Å². The van der Waals surface area contributed by atoms with Crippen molar-refractivity contribution in [1.29, 1.82) is 0 Å². The molecule has 59 heavy (non-hydrogen) atoms. The molecular weight excluding hydrogens is 735 g/mol. The lowest BCUT2D eigenvalue weighted by Gasteiger charge is -2.27. The van der Waals surface area contributed by atoms with Gasteiger partial charge in [0.05, 0.1) is 21.3 Å². The van der Waals surface area contributed by atoms with Crippen LogP contribution in [0.15, 0.2) is 212 Å². The molecular formula is C55H35N3S. The van der Waals surface area contributed by atoms with Crippen LogP contribution in [0.1, 0.15) is 0 Å². The summed E-state index contributed by atoms with van der Waals surface area (Å²) in [7, 11) is 0. The maximum absolute atomic E-state index is 5.09. The molecule has 0 N–H and O–H groups in total. The topological polar surface area (TPSA) is 21.1 Å². The number of aromatic nitrogens is 2. The van der Waals surface area contributed by atoms with Crippen molar-refractivity contribution in [1.82, 2.24) is 9.55 Å². The van der Waals surface area contributed by atoms with Crippen molar-refractivity contribution in [2.75, 3.05) is 4.90 Å². The molecule has 0 radical (unpaired) electrons. The van der Waals surface area contributed by atoms with Crippen LogP contribution in [0.3, 0.4) is 0 Å². The lowest BCUT2D eigenvalue weighted by Crippen LogP contribution is -2.10. The summed E-state index contributed by atoms with van der Waals surface area (Å²) in [6.07, 6.45) is 0. The van der Waals surface area contributed by atoms with Crippen molar-refractivity contribution >= 4 is 92.7 Å². The fourth-order valence-corrected chi connectivity index (χ4v) is 10.2. The van der Waals surface area contributed by atoms with Gasteiger partial charge in [0.25, 0.3) is 0 Å². The van der Waals surface area contributed by atoms with E-state index in [0.717, 1.165) is 44.4 Å². The number of hydrogen-bond acceptors (Lipinski definition) is 3. The molecule has 12 aromatic rings. The Morgan fingerprint density at radius 1 is 0.390 bits per heavy atom. The highest BCUT2D eigenvalue weighted by molar-refractivity contribution is 7.22. The Morgan fingerprint density at radius 2 is 1.02 bits per heavy atom. The Kier molecular flexibility index (Phi) is 7.72. The molecule has 0 aliphatic heterocycles. The number of benzene rings is 10. The molecule has 0 bridgehead atoms. The van der Waals surface area contributed by atoms with E-state index in [9.17, 15) is 0 Å². The van der Waals surface area contributed by atoms with Crippen LogP contribution >= 0.6 is 11.3 Å². The lowest BCUT2D eigenvalue weighted by molar-refractivity contribution is 1.18. The SMILES string of the molecule is c1ccc(-c2cccc(N(c3ccc4c(ccc5ccc6nc(-c7ccccc7)sc6c54)c3)c3ccc4c5c6ccccc6ccc5n(-c5ccccc5)c4c3)c2)cc1. The molecule has 0 aliphatic rings. The van der Waals surface area contributed by atoms with Crippen LogP contribution in [0.4, 0.5) is 17.1 Å². The average Bonchev–Trinajstić information content (AvgIpc) is 3.90. The second-order valence-corrected chi connectivity index (χ2v) is 16.2. The second kappa shape index (κ2) is 13.6. The van der Waals surface area contributed by atoms with E-state index in [4.69, 9.17) is 4.98 Å². The van der Waals surface area contributed by atoms with Gasteiger partial charge in [0.1, 0.15) is 5.01 Å². The monoisotopic (exact) mass is 769 g/mol. The van der Waals surface area contributed by atoms with Gasteiger partial charge in [-0.25, -0.2) is 4.98 Å². The molecule has 3 nitrogen and oxygen atoms in total. The zero-order valence-electron chi connectivity index (χ0n) is 32.0. The zero-order chi connectivity index (χ0) is 38.9. The molecule has 0 saturated carbocycles. The number of para-hydroxylation sites is 1. The molecule has 0 fully saturated rings. The van der Waals surface area contributed by atoms with Crippen LogP contribution < -0.4 is 4.90 Å². The summed E-state index contributed by atoms with van der Waals surface area (Å²) >= 11 is 1.78. The lowest BCUT2D eigenvalue weighted by atomic mass is 10.00. The molecule has 0 atom stereocenters. The third-order valence-electron chi connectivity index (χ3n) is 11.7. The summed E-state index contributed by atoms with van der Waals surface area (Å²) in [6, 6.07) is 77.0. The van der Waals surface area contributed by atoms with Gasteiger partial charge in [0.15, 0.2) is 0 Å². The third-order valence-corrected chi connectivity index (χ3v) is 12.9. The van der Waals surface area contributed by atoms with Crippen LogP contribution in [0, 0.1) is 0 Å². The molecule has 4 heteroatoms. The van der Waals surface area contributed by atoms with E-state index in [0.29, 0.717) is 0 Å². The van der Waals surface area contributed by atoms with Gasteiger partial charge in [-0.3, -0.25) is 0 Å². The quantitative estimate of drug-likeness (QED) is 0.157. The van der Waals surface area contributed by atoms with E-state index in [1.165, 1.54) is 64.4 Å². The van der Waals surface area contributed by atoms with E-state index in [1.54, 1.807) is 11.3 Å². The molecule has 2 heterocycles. The standard InChI is InChI=1S/C55H35N3S/c1-4-13-36(14-5-1)40-18-12-21-43(33-40)57(44-27-29-47-41(34-44)24-23-38-25-31-49-54(52(38)47)59-55(56-49)39-16-6-2-7-17-39)45-28-30-48-51(35-45)58(42-19-8-3-9-20-42)50-32-26-37-15-10-11-22-46(37)53(48)50/h1-35H. The maximum Gasteiger partial charge on any atom is 0.124 e. The van der Waals surface area contributed by atoms with Gasteiger partial charge in [-0.05, 0) is 98.7 Å². The molecule has 276 valence electrons. The first-order valence-electron chi connectivity index (χ1n) is 20.0. The van der Waals surface area contributed by atoms with Gasteiger partial charge in [-0.15, -0.1) is 11.3 Å². The Morgan fingerprint density at radius 3 is 1.85 bits per heavy atom. The highest BCUT2D eigenvalue weighted by atomic mass is 32.1. The van der Waals surface area contributed by atoms with E-state index < -0.39 is 0 Å². The van der Waals surface area contributed by atoms with Crippen LogP contribution in [0.2, 0.25) is 0 Å². The predicted octanol–water partition coefficient (Wildman–Crippen LogP) is 15.7. The van der Waals surface area contributed by atoms with Crippen molar-refractivity contribution in [3.63, 3.8) is 0 Å². The van der Waals surface area contributed by atoms with Gasteiger partial charge in [0.2, 0.25) is 0 Å². The first-order valence-corrected chi connectivity index (χ1v) is 20.9. The molecule has 0 amide bonds. The third kappa shape index (κ3) is 5.53. The molecule has 12 rings (SSSR count). The average molecular weight is 770 g/mol. The van der Waals surface area contributed by atoms with E-state index >= 15 is 0 Å². The predicted molar refractivity (Wildman–Crippen MR) is 252 cm³/mol. The molecule has 2 aromatic heterocycles. The normalized spacial score (nSPS) is 11.7. The summed E-state index contributed by atoms with van der Waals surface area (Å²) in [5.74, 6) is 0. The summed E-state index contributed by atoms with van der Waals surface area (Å²) < 4.78 is 3.65. The number of hydrogen-bond donors (Lipinski definition) is 0. The number of anilines is 3. The van der Waals surface area contributed by atoms with Gasteiger partial charge < -0.3 is 9.47 Å². The van der Waals surface area contributed by atoms with E-state index in [-0.39, 0.29) is 0 Å². The molecule has 0 unspecified atom stereocenters. The molecule has 0 saturated heterocycles. The highest BCUT2D eigenvalue weighted by Gasteiger charge is 2.20. The van der Waals surface area contributed by atoms with Crippen molar-refractivity contribution in [2.45, 2.75) is 0 Å².